The predicted molar refractivity (Wildman–Crippen MR) is 95.0 cm³/mol. The van der Waals surface area contributed by atoms with Gasteiger partial charge in [0.1, 0.15) is 18.3 Å². The number of aliphatic hydroxyl groups is 1. The van der Waals surface area contributed by atoms with Crippen molar-refractivity contribution in [2.24, 2.45) is 5.92 Å². The third-order valence-electron chi connectivity index (χ3n) is 4.74. The van der Waals surface area contributed by atoms with E-state index in [0.29, 0.717) is 16.7 Å². The Morgan fingerprint density at radius 1 is 1.35 bits per heavy atom. The SMILES string of the molecule is C=C1C(=O)O[C@@H]2[C@H]1[C@@H](OC(=O)/C(C)=C/C)C/C(C)=C/C(=O)/C=C(/C)[C@@H]2O. The van der Waals surface area contributed by atoms with Crippen LogP contribution in [0.5, 0.6) is 0 Å². The van der Waals surface area contributed by atoms with Crippen molar-refractivity contribution in [2.75, 3.05) is 0 Å². The summed E-state index contributed by atoms with van der Waals surface area (Å²) in [5.74, 6) is -2.15. The molecule has 26 heavy (non-hydrogen) atoms. The molecule has 1 saturated heterocycles. The van der Waals surface area contributed by atoms with Crippen LogP contribution in [0, 0.1) is 5.92 Å². The smallest absolute Gasteiger partial charge is 0.334 e. The van der Waals surface area contributed by atoms with E-state index in [1.165, 1.54) is 12.2 Å². The fourth-order valence-corrected chi connectivity index (χ4v) is 3.12. The lowest BCUT2D eigenvalue weighted by Gasteiger charge is -2.30. The van der Waals surface area contributed by atoms with Gasteiger partial charge in [0.15, 0.2) is 5.78 Å². The van der Waals surface area contributed by atoms with Gasteiger partial charge >= 0.3 is 11.9 Å². The third kappa shape index (κ3) is 4.02. The first-order valence-electron chi connectivity index (χ1n) is 8.46. The molecule has 140 valence electrons. The molecule has 0 radical (unpaired) electrons. The Labute approximate surface area is 152 Å². The normalized spacial score (nSPS) is 34.2. The molecule has 0 aromatic rings. The zero-order chi connectivity index (χ0) is 19.6. The summed E-state index contributed by atoms with van der Waals surface area (Å²) in [6.07, 6.45) is 1.66. The number of ketones is 1. The van der Waals surface area contributed by atoms with Crippen LogP contribution in [-0.4, -0.2) is 41.1 Å². The highest BCUT2D eigenvalue weighted by molar-refractivity contribution is 6.00. The van der Waals surface area contributed by atoms with E-state index in [4.69, 9.17) is 9.47 Å². The van der Waals surface area contributed by atoms with Gasteiger partial charge in [-0.05, 0) is 45.4 Å². The zero-order valence-electron chi connectivity index (χ0n) is 15.4. The highest BCUT2D eigenvalue weighted by Gasteiger charge is 2.48. The Hall–Kier alpha value is -2.47. The molecule has 0 spiro atoms. The van der Waals surface area contributed by atoms with Gasteiger partial charge in [-0.2, -0.15) is 0 Å². The van der Waals surface area contributed by atoms with E-state index in [1.54, 1.807) is 33.8 Å². The van der Waals surface area contributed by atoms with E-state index in [0.717, 1.165) is 0 Å². The molecule has 2 rings (SSSR count). The van der Waals surface area contributed by atoms with Gasteiger partial charge in [0, 0.05) is 17.6 Å². The molecule has 1 aliphatic carbocycles. The van der Waals surface area contributed by atoms with Crippen LogP contribution >= 0.6 is 0 Å². The highest BCUT2D eigenvalue weighted by atomic mass is 16.6. The first-order valence-corrected chi connectivity index (χ1v) is 8.46. The van der Waals surface area contributed by atoms with Crippen LogP contribution in [0.4, 0.5) is 0 Å². The minimum Gasteiger partial charge on any atom is -0.458 e. The van der Waals surface area contributed by atoms with Gasteiger partial charge in [0.2, 0.25) is 0 Å². The van der Waals surface area contributed by atoms with Crippen LogP contribution in [-0.2, 0) is 23.9 Å². The number of fused-ring (bicyclic) bond motifs is 1. The summed E-state index contributed by atoms with van der Waals surface area (Å²) in [5, 5.41) is 10.6. The third-order valence-corrected chi connectivity index (χ3v) is 4.74. The maximum absolute atomic E-state index is 12.3. The van der Waals surface area contributed by atoms with Crippen molar-refractivity contribution in [3.8, 4) is 0 Å². The Morgan fingerprint density at radius 3 is 2.62 bits per heavy atom. The number of esters is 2. The molecule has 2 aliphatic rings. The summed E-state index contributed by atoms with van der Waals surface area (Å²) in [4.78, 5) is 36.4. The molecular formula is C20H24O6. The number of hydrogen-bond acceptors (Lipinski definition) is 6. The predicted octanol–water partition coefficient (Wildman–Crippen LogP) is 2.19. The van der Waals surface area contributed by atoms with Crippen LogP contribution in [0.3, 0.4) is 0 Å². The quantitative estimate of drug-likeness (QED) is 0.600. The zero-order valence-corrected chi connectivity index (χ0v) is 15.4. The number of carbonyl (C=O) groups excluding carboxylic acids is 3. The van der Waals surface area contributed by atoms with Crippen molar-refractivity contribution < 1.29 is 29.0 Å². The Kier molecular flexibility index (Phi) is 5.97. The van der Waals surface area contributed by atoms with Gasteiger partial charge in [-0.15, -0.1) is 0 Å². The molecule has 1 fully saturated rings. The standard InChI is InChI=1S/C20H24O6/c1-6-11(3)19(23)25-15-8-10(2)7-14(21)9-12(4)17(22)18-16(15)13(5)20(24)26-18/h6-7,9,15-18,22H,5,8H2,1-4H3/b10-7+,11-6+,12-9-/t15-,16+,17-,18+/m0/s1. The summed E-state index contributed by atoms with van der Waals surface area (Å²) in [6.45, 7) is 10.4. The van der Waals surface area contributed by atoms with Crippen LogP contribution in [0.2, 0.25) is 0 Å². The molecule has 0 bridgehead atoms. The molecule has 1 N–H and O–H groups in total. The molecule has 6 heteroatoms. The van der Waals surface area contributed by atoms with Crippen molar-refractivity contribution in [3.05, 3.63) is 47.1 Å². The first-order chi connectivity index (χ1) is 12.1. The Bertz CT molecular complexity index is 739. The first kappa shape index (κ1) is 19.8. The second kappa shape index (κ2) is 7.83. The molecule has 1 aliphatic heterocycles. The van der Waals surface area contributed by atoms with Crippen molar-refractivity contribution >= 4 is 17.7 Å². The maximum atomic E-state index is 12.3. The van der Waals surface area contributed by atoms with Crippen molar-refractivity contribution in [3.63, 3.8) is 0 Å². The van der Waals surface area contributed by atoms with Gasteiger partial charge in [-0.3, -0.25) is 4.79 Å². The maximum Gasteiger partial charge on any atom is 0.334 e. The highest BCUT2D eigenvalue weighted by Crippen LogP contribution is 2.37. The summed E-state index contributed by atoms with van der Waals surface area (Å²) in [6, 6.07) is 0. The van der Waals surface area contributed by atoms with Crippen molar-refractivity contribution in [1.82, 2.24) is 0 Å². The van der Waals surface area contributed by atoms with Gasteiger partial charge in [0.25, 0.3) is 0 Å². The number of allylic oxidation sites excluding steroid dienone is 3. The lowest BCUT2D eigenvalue weighted by Crippen LogP contribution is -2.41. The lowest BCUT2D eigenvalue weighted by molar-refractivity contribution is -0.150. The monoisotopic (exact) mass is 360 g/mol. The molecule has 4 atom stereocenters. The second-order valence-electron chi connectivity index (χ2n) is 6.77. The molecule has 0 aromatic carbocycles. The Balaban J connectivity index is 2.49. The topological polar surface area (TPSA) is 89.9 Å². The number of hydrogen-bond donors (Lipinski definition) is 1. The van der Waals surface area contributed by atoms with Crippen molar-refractivity contribution in [1.29, 1.82) is 0 Å². The van der Waals surface area contributed by atoms with E-state index in [9.17, 15) is 19.5 Å². The van der Waals surface area contributed by atoms with E-state index < -0.39 is 36.2 Å². The molecule has 0 amide bonds. The molecule has 0 unspecified atom stereocenters. The van der Waals surface area contributed by atoms with Gasteiger partial charge in [-0.25, -0.2) is 9.59 Å². The van der Waals surface area contributed by atoms with Gasteiger partial charge in [0.05, 0.1) is 5.92 Å². The molecular weight excluding hydrogens is 336 g/mol. The minimum absolute atomic E-state index is 0.150. The van der Waals surface area contributed by atoms with E-state index in [2.05, 4.69) is 6.58 Å². The molecule has 0 saturated carbocycles. The summed E-state index contributed by atoms with van der Waals surface area (Å²) < 4.78 is 10.9. The second-order valence-corrected chi connectivity index (χ2v) is 6.77. The molecule has 1 heterocycles. The Morgan fingerprint density at radius 2 is 2.00 bits per heavy atom. The van der Waals surface area contributed by atoms with Crippen LogP contribution < -0.4 is 0 Å². The van der Waals surface area contributed by atoms with E-state index >= 15 is 0 Å². The van der Waals surface area contributed by atoms with E-state index in [-0.39, 0.29) is 17.8 Å². The summed E-state index contributed by atoms with van der Waals surface area (Å²) in [5.41, 5.74) is 1.63. The minimum atomic E-state index is -1.19. The summed E-state index contributed by atoms with van der Waals surface area (Å²) >= 11 is 0. The summed E-state index contributed by atoms with van der Waals surface area (Å²) in [7, 11) is 0. The molecule has 6 nitrogen and oxygen atoms in total. The van der Waals surface area contributed by atoms with Crippen molar-refractivity contribution in [2.45, 2.75) is 52.4 Å². The number of rotatable bonds is 2. The van der Waals surface area contributed by atoms with Gasteiger partial charge < -0.3 is 14.6 Å². The average molecular weight is 360 g/mol. The van der Waals surface area contributed by atoms with Crippen LogP contribution in [0.1, 0.15) is 34.1 Å². The largest absolute Gasteiger partial charge is 0.458 e. The van der Waals surface area contributed by atoms with Crippen LogP contribution in [0.25, 0.3) is 0 Å². The fraction of sp³-hybridized carbons (Fsp3) is 0.450. The number of ether oxygens (including phenoxy) is 2. The number of aliphatic hydroxyl groups excluding tert-OH is 1. The average Bonchev–Trinajstić information content (AvgIpc) is 2.86. The number of carbonyl (C=O) groups is 3. The lowest BCUT2D eigenvalue weighted by atomic mass is 9.83. The van der Waals surface area contributed by atoms with Gasteiger partial charge in [-0.1, -0.05) is 18.2 Å². The van der Waals surface area contributed by atoms with Crippen LogP contribution in [0.15, 0.2) is 47.1 Å². The van der Waals surface area contributed by atoms with E-state index in [1.807, 2.05) is 0 Å². The fourth-order valence-electron chi connectivity index (χ4n) is 3.12. The molecule has 0 aromatic heterocycles.